The van der Waals surface area contributed by atoms with Gasteiger partial charge in [-0.3, -0.25) is 34.0 Å². The maximum absolute atomic E-state index is 12.9. The van der Waals surface area contributed by atoms with E-state index in [0.717, 1.165) is 18.1 Å². The van der Waals surface area contributed by atoms with Crippen molar-refractivity contribution in [3.8, 4) is 0 Å². The highest BCUT2D eigenvalue weighted by atomic mass is 35.5. The third kappa shape index (κ3) is 13.1. The molecule has 1 heterocycles. The summed E-state index contributed by atoms with van der Waals surface area (Å²) >= 11 is 12.6. The van der Waals surface area contributed by atoms with E-state index in [2.05, 4.69) is 10.6 Å². The number of hydrogen-bond acceptors (Lipinski definition) is 10. The van der Waals surface area contributed by atoms with Crippen LogP contribution in [0.4, 0.5) is 11.4 Å². The van der Waals surface area contributed by atoms with Gasteiger partial charge in [-0.05, 0) is 36.6 Å². The summed E-state index contributed by atoms with van der Waals surface area (Å²) in [7, 11) is 0. The van der Waals surface area contributed by atoms with Crippen molar-refractivity contribution in [2.24, 2.45) is 0 Å². The fraction of sp³-hybridized carbons (Fsp3) is 0.485. The Morgan fingerprint density at radius 3 is 1.94 bits per heavy atom. The van der Waals surface area contributed by atoms with Gasteiger partial charge >= 0.3 is 11.9 Å². The first-order chi connectivity index (χ1) is 23.1. The molecule has 1 atom stereocenters. The van der Waals surface area contributed by atoms with Gasteiger partial charge < -0.3 is 30.4 Å². The molecule has 48 heavy (non-hydrogen) atoms. The summed E-state index contributed by atoms with van der Waals surface area (Å²) in [6.45, 7) is 3.60. The normalized spacial score (nSPS) is 16.6. The third-order valence-electron chi connectivity index (χ3n) is 8.19. The summed E-state index contributed by atoms with van der Waals surface area (Å²) in [5.74, 6) is -2.25. The molecule has 0 aliphatic carbocycles. The van der Waals surface area contributed by atoms with Gasteiger partial charge in [0.1, 0.15) is 18.6 Å². The highest BCUT2D eigenvalue weighted by molar-refractivity contribution is 6.39. The van der Waals surface area contributed by atoms with Crippen LogP contribution >= 0.6 is 23.2 Å². The van der Waals surface area contributed by atoms with E-state index < -0.39 is 18.0 Å². The van der Waals surface area contributed by atoms with E-state index >= 15 is 0 Å². The number of carbonyl (C=O) groups excluding carboxylic acids is 3. The first kappa shape index (κ1) is 38.9. The van der Waals surface area contributed by atoms with Crippen LogP contribution in [0, 0.1) is 0 Å². The molecule has 1 saturated heterocycles. The lowest BCUT2D eigenvalue weighted by atomic mass is 10.1. The standard InChI is InChI=1S/C33H44Cl2N6O7/c34-26-6-3-7-27(35)32(26)37-28-8-2-1-5-25(28)23-30(44)36-10-4-9-29(33(47)48)41-17-15-39(20-22-43)12-11-38(19-21-42)13-14-40(16-18-41)24-31(45)46/h1-3,5-8,21-22,29,37H,4,9-20,23-24H2,(H,36,44)(H,45,46)(H,47,48). The summed E-state index contributed by atoms with van der Waals surface area (Å²) in [4.78, 5) is 66.9. The molecule has 15 heteroatoms. The monoisotopic (exact) mass is 706 g/mol. The highest BCUT2D eigenvalue weighted by Gasteiger charge is 2.27. The number of anilines is 2. The first-order valence-corrected chi connectivity index (χ1v) is 16.7. The van der Waals surface area contributed by atoms with Crippen LogP contribution in [0.25, 0.3) is 0 Å². The third-order valence-corrected chi connectivity index (χ3v) is 8.82. The summed E-state index contributed by atoms with van der Waals surface area (Å²) in [5.41, 5.74) is 1.95. The number of carboxylic acids is 2. The van der Waals surface area contributed by atoms with E-state index in [-0.39, 0.29) is 44.9 Å². The average Bonchev–Trinajstić information content (AvgIpc) is 3.03. The van der Waals surface area contributed by atoms with Gasteiger partial charge in [-0.2, -0.15) is 0 Å². The number of carboxylic acid groups (broad SMARTS) is 2. The Bertz CT molecular complexity index is 1360. The molecule has 262 valence electrons. The van der Waals surface area contributed by atoms with Crippen molar-refractivity contribution in [3.05, 3.63) is 58.1 Å². The van der Waals surface area contributed by atoms with Gasteiger partial charge in [0.15, 0.2) is 0 Å². The Morgan fingerprint density at radius 2 is 1.35 bits per heavy atom. The largest absolute Gasteiger partial charge is 0.480 e. The molecule has 0 spiro atoms. The molecule has 1 fully saturated rings. The van der Waals surface area contributed by atoms with Crippen molar-refractivity contribution in [1.82, 2.24) is 24.9 Å². The van der Waals surface area contributed by atoms with Gasteiger partial charge in [-0.25, -0.2) is 0 Å². The second kappa shape index (κ2) is 20.7. The summed E-state index contributed by atoms with van der Waals surface area (Å²) in [5, 5.41) is 26.7. The predicted molar refractivity (Wildman–Crippen MR) is 184 cm³/mol. The van der Waals surface area contributed by atoms with Crippen LogP contribution in [-0.4, -0.2) is 145 Å². The number of nitrogens with one attached hydrogen (secondary N) is 2. The SMILES string of the molecule is O=CCN1CCN(CC=O)CCN(C(CCCNC(=O)Cc2ccccc2Nc2c(Cl)cccc2Cl)C(=O)O)CCN(CC(=O)O)CC1. The van der Waals surface area contributed by atoms with E-state index in [1.807, 2.05) is 39.0 Å². The van der Waals surface area contributed by atoms with E-state index in [1.165, 1.54) is 0 Å². The summed E-state index contributed by atoms with van der Waals surface area (Å²) in [6.07, 6.45) is 2.32. The van der Waals surface area contributed by atoms with Crippen molar-refractivity contribution in [2.45, 2.75) is 25.3 Å². The molecular weight excluding hydrogens is 663 g/mol. The fourth-order valence-electron chi connectivity index (χ4n) is 5.56. The number of para-hydroxylation sites is 2. The van der Waals surface area contributed by atoms with Crippen molar-refractivity contribution in [1.29, 1.82) is 0 Å². The average molecular weight is 708 g/mol. The quantitative estimate of drug-likeness (QED) is 0.149. The van der Waals surface area contributed by atoms with E-state index in [9.17, 15) is 34.2 Å². The van der Waals surface area contributed by atoms with Crippen molar-refractivity contribution in [3.63, 3.8) is 0 Å². The van der Waals surface area contributed by atoms with E-state index in [0.29, 0.717) is 80.2 Å². The van der Waals surface area contributed by atoms with Gasteiger partial charge in [-0.15, -0.1) is 0 Å². The maximum Gasteiger partial charge on any atom is 0.320 e. The Labute approximate surface area is 290 Å². The molecule has 0 bridgehead atoms. The molecule has 1 aliphatic heterocycles. The smallest absolute Gasteiger partial charge is 0.320 e. The van der Waals surface area contributed by atoms with Gasteiger partial charge in [-0.1, -0.05) is 47.5 Å². The lowest BCUT2D eigenvalue weighted by Gasteiger charge is -2.35. The number of aliphatic carboxylic acids is 2. The molecule has 1 unspecified atom stereocenters. The molecule has 0 saturated carbocycles. The van der Waals surface area contributed by atoms with Crippen molar-refractivity contribution in [2.75, 3.05) is 83.9 Å². The number of amides is 1. The van der Waals surface area contributed by atoms with Crippen LogP contribution < -0.4 is 10.6 Å². The molecular formula is C33H44Cl2N6O7. The Hall–Kier alpha value is -3.59. The second-order valence-corrected chi connectivity index (χ2v) is 12.4. The maximum atomic E-state index is 12.9. The lowest BCUT2D eigenvalue weighted by Crippen LogP contribution is -2.51. The molecule has 1 aliphatic rings. The number of rotatable bonds is 16. The molecule has 0 radical (unpaired) electrons. The zero-order chi connectivity index (χ0) is 34.9. The Morgan fingerprint density at radius 1 is 0.792 bits per heavy atom. The molecule has 2 aromatic rings. The zero-order valence-corrected chi connectivity index (χ0v) is 28.4. The Kier molecular flexibility index (Phi) is 16.8. The van der Waals surface area contributed by atoms with Crippen LogP contribution in [-0.2, 0) is 30.4 Å². The number of benzene rings is 2. The minimum absolute atomic E-state index is 0.0793. The van der Waals surface area contributed by atoms with Gasteiger partial charge in [0.2, 0.25) is 5.91 Å². The summed E-state index contributed by atoms with van der Waals surface area (Å²) in [6, 6.07) is 11.6. The van der Waals surface area contributed by atoms with Gasteiger partial charge in [0.25, 0.3) is 0 Å². The topological polar surface area (TPSA) is 163 Å². The Balaban J connectivity index is 1.62. The van der Waals surface area contributed by atoms with Crippen LogP contribution in [0.2, 0.25) is 10.0 Å². The molecule has 3 rings (SSSR count). The number of nitrogens with zero attached hydrogens (tertiary/aromatic N) is 4. The molecule has 0 aromatic heterocycles. The molecule has 4 N–H and O–H groups in total. The van der Waals surface area contributed by atoms with Crippen LogP contribution in [0.5, 0.6) is 0 Å². The van der Waals surface area contributed by atoms with Crippen molar-refractivity contribution >= 4 is 65.0 Å². The second-order valence-electron chi connectivity index (χ2n) is 11.5. The van der Waals surface area contributed by atoms with Crippen LogP contribution in [0.1, 0.15) is 18.4 Å². The predicted octanol–water partition coefficient (Wildman–Crippen LogP) is 2.33. The zero-order valence-electron chi connectivity index (χ0n) is 26.9. The number of aldehydes is 2. The number of carbonyl (C=O) groups is 5. The molecule has 2 aromatic carbocycles. The van der Waals surface area contributed by atoms with Crippen LogP contribution in [0.15, 0.2) is 42.5 Å². The van der Waals surface area contributed by atoms with E-state index in [4.69, 9.17) is 23.2 Å². The van der Waals surface area contributed by atoms with Crippen molar-refractivity contribution < 1.29 is 34.2 Å². The lowest BCUT2D eigenvalue weighted by molar-refractivity contribution is -0.144. The van der Waals surface area contributed by atoms with E-state index in [1.54, 1.807) is 23.1 Å². The minimum atomic E-state index is -1.02. The molecule has 1 amide bonds. The fourth-order valence-corrected chi connectivity index (χ4v) is 6.05. The van der Waals surface area contributed by atoms with Gasteiger partial charge in [0, 0.05) is 64.6 Å². The molecule has 13 nitrogen and oxygen atoms in total. The number of hydrogen-bond donors (Lipinski definition) is 4. The number of halogens is 2. The first-order valence-electron chi connectivity index (χ1n) is 15.9. The summed E-state index contributed by atoms with van der Waals surface area (Å²) < 4.78 is 0. The van der Waals surface area contributed by atoms with Gasteiger partial charge in [0.05, 0.1) is 41.8 Å². The highest BCUT2D eigenvalue weighted by Crippen LogP contribution is 2.33. The van der Waals surface area contributed by atoms with Crippen LogP contribution in [0.3, 0.4) is 0 Å². The minimum Gasteiger partial charge on any atom is -0.480 e.